The maximum atomic E-state index is 12.8. The van der Waals surface area contributed by atoms with Crippen molar-refractivity contribution in [2.45, 2.75) is 13.1 Å². The molecule has 22 heavy (non-hydrogen) atoms. The van der Waals surface area contributed by atoms with Crippen molar-refractivity contribution in [3.8, 4) is 17.1 Å². The first-order valence-corrected chi connectivity index (χ1v) is 6.46. The number of aryl methyl sites for hydroxylation is 1. The summed E-state index contributed by atoms with van der Waals surface area (Å²) in [5.74, 6) is 0.0142. The van der Waals surface area contributed by atoms with E-state index in [2.05, 4.69) is 15.1 Å². The fourth-order valence-corrected chi connectivity index (χ4v) is 2.08. The Labute approximate surface area is 124 Å². The van der Waals surface area contributed by atoms with E-state index in [-0.39, 0.29) is 5.82 Å². The second-order valence-corrected chi connectivity index (χ2v) is 4.73. The zero-order chi connectivity index (χ0) is 15.7. The topological polar surface area (TPSA) is 43.6 Å². The highest BCUT2D eigenvalue weighted by molar-refractivity contribution is 5.68. The van der Waals surface area contributed by atoms with Crippen LogP contribution in [0.3, 0.4) is 0 Å². The van der Waals surface area contributed by atoms with E-state index in [0.717, 1.165) is 17.8 Å². The number of benzene rings is 1. The molecular formula is C15H11F3N4. The molecule has 0 bridgehead atoms. The summed E-state index contributed by atoms with van der Waals surface area (Å²) in [7, 11) is 0. The first kappa shape index (κ1) is 14.2. The highest BCUT2D eigenvalue weighted by Gasteiger charge is 2.33. The second-order valence-electron chi connectivity index (χ2n) is 4.73. The van der Waals surface area contributed by atoms with Gasteiger partial charge in [0.1, 0.15) is 5.69 Å². The SMILES string of the molecule is Cc1ccc(-c2nccc(C(F)(F)F)n2)c(-n2cccn2)c1. The molecule has 0 aliphatic heterocycles. The summed E-state index contributed by atoms with van der Waals surface area (Å²) >= 11 is 0. The summed E-state index contributed by atoms with van der Waals surface area (Å²) in [6.45, 7) is 1.89. The van der Waals surface area contributed by atoms with Gasteiger partial charge in [-0.1, -0.05) is 6.07 Å². The number of aromatic nitrogens is 4. The molecule has 0 radical (unpaired) electrons. The van der Waals surface area contributed by atoms with E-state index in [1.165, 1.54) is 0 Å². The van der Waals surface area contributed by atoms with Crippen LogP contribution >= 0.6 is 0 Å². The first-order valence-electron chi connectivity index (χ1n) is 6.46. The molecule has 0 N–H and O–H groups in total. The van der Waals surface area contributed by atoms with Gasteiger partial charge in [0, 0.05) is 24.2 Å². The highest BCUT2D eigenvalue weighted by Crippen LogP contribution is 2.30. The molecule has 0 atom stereocenters. The molecule has 3 rings (SSSR count). The van der Waals surface area contributed by atoms with Crippen molar-refractivity contribution in [3.63, 3.8) is 0 Å². The summed E-state index contributed by atoms with van der Waals surface area (Å²) in [4.78, 5) is 7.61. The second kappa shape index (κ2) is 5.25. The van der Waals surface area contributed by atoms with Crippen LogP contribution in [0.4, 0.5) is 13.2 Å². The number of hydrogen-bond acceptors (Lipinski definition) is 3. The molecule has 112 valence electrons. The van der Waals surface area contributed by atoms with Gasteiger partial charge in [0.2, 0.25) is 0 Å². The lowest BCUT2D eigenvalue weighted by Crippen LogP contribution is -2.09. The Morgan fingerprint density at radius 2 is 1.91 bits per heavy atom. The van der Waals surface area contributed by atoms with Gasteiger partial charge < -0.3 is 0 Å². The van der Waals surface area contributed by atoms with E-state index in [4.69, 9.17) is 0 Å². The minimum Gasteiger partial charge on any atom is -0.240 e. The third kappa shape index (κ3) is 2.69. The lowest BCUT2D eigenvalue weighted by Gasteiger charge is -2.11. The third-order valence-corrected chi connectivity index (χ3v) is 3.09. The molecule has 0 spiro atoms. The standard InChI is InChI=1S/C15H11F3N4/c1-10-3-4-11(12(9-10)22-8-2-6-20-22)14-19-7-5-13(21-14)15(16,17)18/h2-9H,1H3. The van der Waals surface area contributed by atoms with Crippen LogP contribution in [0.25, 0.3) is 17.1 Å². The summed E-state index contributed by atoms with van der Waals surface area (Å²) in [6.07, 6.45) is -0.0862. The van der Waals surface area contributed by atoms with Crippen molar-refractivity contribution >= 4 is 0 Å². The van der Waals surface area contributed by atoms with Crippen LogP contribution in [0.2, 0.25) is 0 Å². The Hall–Kier alpha value is -2.70. The van der Waals surface area contributed by atoms with E-state index < -0.39 is 11.9 Å². The van der Waals surface area contributed by atoms with Crippen molar-refractivity contribution in [1.29, 1.82) is 0 Å². The summed E-state index contributed by atoms with van der Waals surface area (Å²) in [6, 6.07) is 7.91. The number of hydrogen-bond donors (Lipinski definition) is 0. The van der Waals surface area contributed by atoms with Gasteiger partial charge in [-0.3, -0.25) is 0 Å². The highest BCUT2D eigenvalue weighted by atomic mass is 19.4. The molecule has 0 saturated heterocycles. The molecule has 0 fully saturated rings. The normalized spacial score (nSPS) is 11.6. The molecule has 3 aromatic rings. The van der Waals surface area contributed by atoms with E-state index in [1.54, 1.807) is 35.3 Å². The Morgan fingerprint density at radius 1 is 1.09 bits per heavy atom. The summed E-state index contributed by atoms with van der Waals surface area (Å²) < 4.78 is 40.0. The average Bonchev–Trinajstić information content (AvgIpc) is 3.00. The molecule has 0 aliphatic rings. The van der Waals surface area contributed by atoms with Crippen LogP contribution in [-0.2, 0) is 6.18 Å². The molecule has 0 saturated carbocycles. The number of halogens is 3. The van der Waals surface area contributed by atoms with Crippen molar-refractivity contribution in [3.05, 3.63) is 60.2 Å². The van der Waals surface area contributed by atoms with Gasteiger partial charge in [-0.2, -0.15) is 18.3 Å². The van der Waals surface area contributed by atoms with Crippen LogP contribution in [-0.4, -0.2) is 19.7 Å². The first-order chi connectivity index (χ1) is 10.4. The van der Waals surface area contributed by atoms with Gasteiger partial charge in [-0.15, -0.1) is 0 Å². The predicted octanol–water partition coefficient (Wildman–Crippen LogP) is 3.66. The predicted molar refractivity (Wildman–Crippen MR) is 74.3 cm³/mol. The van der Waals surface area contributed by atoms with Gasteiger partial charge in [-0.25, -0.2) is 14.6 Å². The largest absolute Gasteiger partial charge is 0.433 e. The Balaban J connectivity index is 2.17. The van der Waals surface area contributed by atoms with Crippen molar-refractivity contribution in [2.24, 2.45) is 0 Å². The number of rotatable bonds is 2. The fourth-order valence-electron chi connectivity index (χ4n) is 2.08. The molecule has 0 unspecified atom stereocenters. The van der Waals surface area contributed by atoms with E-state index in [0.29, 0.717) is 11.3 Å². The summed E-state index contributed by atoms with van der Waals surface area (Å²) in [5.41, 5.74) is 1.11. The molecule has 1 aromatic carbocycles. The van der Waals surface area contributed by atoms with Crippen molar-refractivity contribution in [1.82, 2.24) is 19.7 Å². The van der Waals surface area contributed by atoms with Gasteiger partial charge >= 0.3 is 6.18 Å². The van der Waals surface area contributed by atoms with Gasteiger partial charge in [0.15, 0.2) is 5.82 Å². The monoisotopic (exact) mass is 304 g/mol. The Morgan fingerprint density at radius 3 is 2.59 bits per heavy atom. The van der Waals surface area contributed by atoms with Gasteiger partial charge in [0.05, 0.1) is 5.69 Å². The van der Waals surface area contributed by atoms with Gasteiger partial charge in [0.25, 0.3) is 0 Å². The Bertz CT molecular complexity index is 795. The minimum atomic E-state index is -4.51. The zero-order valence-corrected chi connectivity index (χ0v) is 11.5. The van der Waals surface area contributed by atoms with E-state index in [9.17, 15) is 13.2 Å². The number of nitrogens with zero attached hydrogens (tertiary/aromatic N) is 4. The molecule has 0 aliphatic carbocycles. The molecular weight excluding hydrogens is 293 g/mol. The summed E-state index contributed by atoms with van der Waals surface area (Å²) in [5, 5.41) is 4.12. The third-order valence-electron chi connectivity index (χ3n) is 3.09. The quantitative estimate of drug-likeness (QED) is 0.725. The lowest BCUT2D eigenvalue weighted by molar-refractivity contribution is -0.141. The van der Waals surface area contributed by atoms with Crippen LogP contribution in [0, 0.1) is 6.92 Å². The van der Waals surface area contributed by atoms with E-state index in [1.807, 2.05) is 13.0 Å². The molecule has 4 nitrogen and oxygen atoms in total. The number of alkyl halides is 3. The Kier molecular flexibility index (Phi) is 3.40. The maximum absolute atomic E-state index is 12.8. The van der Waals surface area contributed by atoms with Crippen LogP contribution < -0.4 is 0 Å². The smallest absolute Gasteiger partial charge is 0.240 e. The molecule has 0 amide bonds. The van der Waals surface area contributed by atoms with Crippen molar-refractivity contribution in [2.75, 3.05) is 0 Å². The van der Waals surface area contributed by atoms with Crippen LogP contribution in [0.5, 0.6) is 0 Å². The molecule has 2 heterocycles. The lowest BCUT2D eigenvalue weighted by atomic mass is 10.1. The van der Waals surface area contributed by atoms with Crippen LogP contribution in [0.1, 0.15) is 11.3 Å². The van der Waals surface area contributed by atoms with E-state index >= 15 is 0 Å². The van der Waals surface area contributed by atoms with Crippen molar-refractivity contribution < 1.29 is 13.2 Å². The minimum absolute atomic E-state index is 0.0142. The maximum Gasteiger partial charge on any atom is 0.433 e. The fraction of sp³-hybridized carbons (Fsp3) is 0.133. The van der Waals surface area contributed by atoms with Gasteiger partial charge in [-0.05, 0) is 36.8 Å². The van der Waals surface area contributed by atoms with Crippen LogP contribution in [0.15, 0.2) is 48.9 Å². The zero-order valence-electron chi connectivity index (χ0n) is 11.5. The average molecular weight is 304 g/mol. The molecule has 7 heteroatoms. The molecule has 2 aromatic heterocycles.